The number of H-pyrrole nitrogens is 1. The second-order valence-electron chi connectivity index (χ2n) is 3.65. The molecule has 0 amide bonds. The number of fused-ring (bicyclic) bond motifs is 1. The number of azide groups is 1. The zero-order valence-electron chi connectivity index (χ0n) is 9.55. The van der Waals surface area contributed by atoms with E-state index in [0.29, 0.717) is 13.0 Å². The number of aromatic amines is 1. The fraction of sp³-hybridized carbons (Fsp3) is 0.154. The molecule has 1 heterocycles. The van der Waals surface area contributed by atoms with Crippen molar-refractivity contribution in [3.8, 4) is 11.8 Å². The minimum Gasteiger partial charge on any atom is -0.328 e. The Morgan fingerprint density at radius 2 is 2.22 bits per heavy atom. The highest BCUT2D eigenvalue weighted by atomic mass is 16.1. The lowest BCUT2D eigenvalue weighted by molar-refractivity contribution is 1.01. The summed E-state index contributed by atoms with van der Waals surface area (Å²) in [6, 6.07) is 7.20. The van der Waals surface area contributed by atoms with Gasteiger partial charge in [-0.1, -0.05) is 23.0 Å². The van der Waals surface area contributed by atoms with Gasteiger partial charge in [-0.05, 0) is 28.4 Å². The van der Waals surface area contributed by atoms with Gasteiger partial charge in [0.15, 0.2) is 0 Å². The molecule has 0 unspecified atom stereocenters. The van der Waals surface area contributed by atoms with Gasteiger partial charge in [0, 0.05) is 35.7 Å². The van der Waals surface area contributed by atoms with Crippen molar-refractivity contribution in [1.82, 2.24) is 4.98 Å². The van der Waals surface area contributed by atoms with Gasteiger partial charge in [0.05, 0.1) is 0 Å². The van der Waals surface area contributed by atoms with Crippen LogP contribution in [0.5, 0.6) is 0 Å². The van der Waals surface area contributed by atoms with Gasteiger partial charge in [0.25, 0.3) is 0 Å². The summed E-state index contributed by atoms with van der Waals surface area (Å²) in [5.41, 5.74) is 8.82. The van der Waals surface area contributed by atoms with Gasteiger partial charge >= 0.3 is 0 Å². The lowest BCUT2D eigenvalue weighted by Gasteiger charge is -1.96. The molecule has 0 aliphatic carbocycles. The molecule has 1 N–H and O–H groups in total. The van der Waals surface area contributed by atoms with Gasteiger partial charge in [-0.2, -0.15) is 0 Å². The van der Waals surface area contributed by atoms with Crippen LogP contribution in [0.15, 0.2) is 40.4 Å². The summed E-state index contributed by atoms with van der Waals surface area (Å²) in [6.45, 7) is 0.372. The van der Waals surface area contributed by atoms with E-state index in [2.05, 4.69) is 26.9 Å². The molecule has 5 nitrogen and oxygen atoms in total. The van der Waals surface area contributed by atoms with Crippen LogP contribution in [0.3, 0.4) is 0 Å². The van der Waals surface area contributed by atoms with Crippen molar-refractivity contribution in [3.63, 3.8) is 0 Å². The Morgan fingerprint density at radius 1 is 1.33 bits per heavy atom. The number of hydrogen-bond acceptors (Lipinski definition) is 2. The van der Waals surface area contributed by atoms with E-state index in [9.17, 15) is 4.79 Å². The van der Waals surface area contributed by atoms with Crippen LogP contribution in [-0.2, 0) is 0 Å². The van der Waals surface area contributed by atoms with Crippen LogP contribution >= 0.6 is 0 Å². The summed E-state index contributed by atoms with van der Waals surface area (Å²) in [6.07, 6.45) is 2.20. The van der Waals surface area contributed by atoms with Crippen molar-refractivity contribution in [2.24, 2.45) is 5.11 Å². The standard InChI is InChI=1S/C13H10N4O/c14-17-16-6-2-1-3-10-4-5-11-9-15-13(18)8-12(11)7-10/h4-5,7-9H,2,6H2,(H,15,18). The normalized spacial score (nSPS) is 9.33. The number of rotatable bonds is 2. The van der Waals surface area contributed by atoms with Gasteiger partial charge in [0.1, 0.15) is 0 Å². The van der Waals surface area contributed by atoms with Crippen LogP contribution in [0.4, 0.5) is 0 Å². The molecule has 0 aliphatic heterocycles. The molecule has 2 aromatic rings. The highest BCUT2D eigenvalue weighted by Crippen LogP contribution is 2.12. The van der Waals surface area contributed by atoms with Crippen molar-refractivity contribution >= 4 is 10.8 Å². The van der Waals surface area contributed by atoms with Crippen molar-refractivity contribution in [3.05, 3.63) is 56.8 Å². The molecule has 0 atom stereocenters. The molecular formula is C13H10N4O. The van der Waals surface area contributed by atoms with E-state index in [1.54, 1.807) is 12.3 Å². The minimum atomic E-state index is -0.129. The van der Waals surface area contributed by atoms with Crippen LogP contribution in [0.2, 0.25) is 0 Å². The molecule has 88 valence electrons. The van der Waals surface area contributed by atoms with Crippen molar-refractivity contribution in [2.75, 3.05) is 6.54 Å². The molecule has 5 heteroatoms. The predicted octanol–water partition coefficient (Wildman–Crippen LogP) is 2.58. The first-order valence-electron chi connectivity index (χ1n) is 5.42. The molecule has 1 aromatic carbocycles. The number of benzene rings is 1. The summed E-state index contributed by atoms with van der Waals surface area (Å²) >= 11 is 0. The lowest BCUT2D eigenvalue weighted by atomic mass is 10.1. The van der Waals surface area contributed by atoms with Gasteiger partial charge in [0.2, 0.25) is 5.56 Å². The molecule has 0 radical (unpaired) electrons. The summed E-state index contributed by atoms with van der Waals surface area (Å²) in [7, 11) is 0. The maximum absolute atomic E-state index is 11.2. The Morgan fingerprint density at radius 3 is 3.06 bits per heavy atom. The molecule has 2 rings (SSSR count). The van der Waals surface area contributed by atoms with E-state index in [1.165, 1.54) is 0 Å². The maximum Gasteiger partial charge on any atom is 0.248 e. The number of nitrogens with one attached hydrogen (secondary N) is 1. The average molecular weight is 238 g/mol. The molecule has 1 aromatic heterocycles. The third-order valence-electron chi connectivity index (χ3n) is 2.38. The van der Waals surface area contributed by atoms with Crippen LogP contribution < -0.4 is 5.56 Å². The van der Waals surface area contributed by atoms with E-state index in [-0.39, 0.29) is 5.56 Å². The lowest BCUT2D eigenvalue weighted by Crippen LogP contribution is -2.01. The molecule has 0 saturated heterocycles. The largest absolute Gasteiger partial charge is 0.328 e. The zero-order chi connectivity index (χ0) is 12.8. The monoisotopic (exact) mass is 238 g/mol. The van der Waals surface area contributed by atoms with Crippen LogP contribution in [-0.4, -0.2) is 11.5 Å². The van der Waals surface area contributed by atoms with Crippen LogP contribution in [0, 0.1) is 11.8 Å². The quantitative estimate of drug-likeness (QED) is 0.282. The molecule has 0 fully saturated rings. The maximum atomic E-state index is 11.2. The van der Waals surface area contributed by atoms with Gasteiger partial charge < -0.3 is 4.98 Å². The van der Waals surface area contributed by atoms with E-state index >= 15 is 0 Å². The predicted molar refractivity (Wildman–Crippen MR) is 70.1 cm³/mol. The van der Waals surface area contributed by atoms with E-state index in [0.717, 1.165) is 16.3 Å². The second kappa shape index (κ2) is 5.58. The van der Waals surface area contributed by atoms with Crippen molar-refractivity contribution < 1.29 is 0 Å². The van der Waals surface area contributed by atoms with Crippen LogP contribution in [0.1, 0.15) is 12.0 Å². The van der Waals surface area contributed by atoms with Gasteiger partial charge in [-0.25, -0.2) is 0 Å². The molecule has 0 spiro atoms. The van der Waals surface area contributed by atoms with Gasteiger partial charge in [-0.3, -0.25) is 4.79 Å². The topological polar surface area (TPSA) is 81.6 Å². The Balaban J connectivity index is 2.24. The Hall–Kier alpha value is -2.70. The summed E-state index contributed by atoms with van der Waals surface area (Å²) in [5.74, 6) is 5.88. The molecule has 0 aliphatic rings. The smallest absolute Gasteiger partial charge is 0.248 e. The Kier molecular flexibility index (Phi) is 3.65. The number of pyridine rings is 1. The summed E-state index contributed by atoms with van der Waals surface area (Å²) < 4.78 is 0. The fourth-order valence-corrected chi connectivity index (χ4v) is 1.56. The number of hydrogen-bond donors (Lipinski definition) is 1. The zero-order valence-corrected chi connectivity index (χ0v) is 9.55. The number of nitrogens with zero attached hydrogens (tertiary/aromatic N) is 3. The van der Waals surface area contributed by atoms with Crippen LogP contribution in [0.25, 0.3) is 21.2 Å². The highest BCUT2D eigenvalue weighted by molar-refractivity contribution is 5.82. The highest BCUT2D eigenvalue weighted by Gasteiger charge is 1.95. The SMILES string of the molecule is [N-]=[N+]=NCCC#Cc1ccc2c[nH]c(=O)cc2c1. The minimum absolute atomic E-state index is 0.129. The first kappa shape index (κ1) is 11.8. The first-order valence-corrected chi connectivity index (χ1v) is 5.42. The number of aromatic nitrogens is 1. The van der Waals surface area contributed by atoms with Crippen molar-refractivity contribution in [1.29, 1.82) is 0 Å². The van der Waals surface area contributed by atoms with E-state index < -0.39 is 0 Å². The Bertz CT molecular complexity index is 730. The fourth-order valence-electron chi connectivity index (χ4n) is 1.56. The van der Waals surface area contributed by atoms with E-state index in [4.69, 9.17) is 5.53 Å². The molecule has 0 saturated carbocycles. The summed E-state index contributed by atoms with van der Waals surface area (Å²) in [5, 5.41) is 5.23. The third-order valence-corrected chi connectivity index (χ3v) is 2.38. The second-order valence-corrected chi connectivity index (χ2v) is 3.65. The summed E-state index contributed by atoms with van der Waals surface area (Å²) in [4.78, 5) is 16.5. The van der Waals surface area contributed by atoms with Gasteiger partial charge in [-0.15, -0.1) is 0 Å². The Labute approximate surface area is 103 Å². The molecule has 0 bridgehead atoms. The van der Waals surface area contributed by atoms with E-state index in [1.807, 2.05) is 18.2 Å². The molecular weight excluding hydrogens is 228 g/mol. The van der Waals surface area contributed by atoms with Crippen molar-refractivity contribution in [2.45, 2.75) is 6.42 Å². The third kappa shape index (κ3) is 2.91. The first-order chi connectivity index (χ1) is 8.79. The molecule has 18 heavy (non-hydrogen) atoms. The average Bonchev–Trinajstić information content (AvgIpc) is 2.38.